The van der Waals surface area contributed by atoms with Crippen LogP contribution in [-0.4, -0.2) is 33.1 Å². The summed E-state index contributed by atoms with van der Waals surface area (Å²) in [6, 6.07) is 19.2. The highest BCUT2D eigenvalue weighted by atomic mass is 19.1. The molecule has 41 heavy (non-hydrogen) atoms. The van der Waals surface area contributed by atoms with Gasteiger partial charge >= 0.3 is 18.9 Å². The number of esters is 2. The zero-order valence-electron chi connectivity index (χ0n) is 23.9. The molecule has 0 bridgehead atoms. The van der Waals surface area contributed by atoms with E-state index in [9.17, 15) is 14.0 Å². The Balaban J connectivity index is 1.53. The van der Waals surface area contributed by atoms with Crippen molar-refractivity contribution < 1.29 is 23.5 Å². The number of fused-ring (bicyclic) bond motifs is 1. The monoisotopic (exact) mass is 550 g/mol. The topological polar surface area (TPSA) is 67.9 Å². The van der Waals surface area contributed by atoms with Crippen LogP contribution in [0.25, 0.3) is 10.8 Å². The fourth-order valence-electron chi connectivity index (χ4n) is 6.88. The minimum atomic E-state index is -1.40. The van der Waals surface area contributed by atoms with Crippen molar-refractivity contribution in [2.45, 2.75) is 40.2 Å². The van der Waals surface area contributed by atoms with Gasteiger partial charge in [-0.05, 0) is 89.3 Å². The fourth-order valence-corrected chi connectivity index (χ4v) is 6.88. The lowest BCUT2D eigenvalue weighted by molar-refractivity contribution is -0.168. The van der Waals surface area contributed by atoms with Crippen LogP contribution >= 0.6 is 0 Å². The molecule has 0 saturated carbocycles. The number of anilines is 2. The molecule has 6 nitrogen and oxygen atoms in total. The number of nitrogens with one attached hydrogen (secondary N) is 1. The number of hydrogen-bond acceptors (Lipinski definition) is 6. The second kappa shape index (κ2) is 9.94. The average molecular weight is 550 g/mol. The van der Waals surface area contributed by atoms with Gasteiger partial charge in [-0.15, -0.1) is 0 Å². The Morgan fingerprint density at radius 2 is 1.49 bits per heavy atom. The van der Waals surface area contributed by atoms with Crippen molar-refractivity contribution in [1.29, 1.82) is 0 Å². The van der Waals surface area contributed by atoms with Gasteiger partial charge in [-0.3, -0.25) is 9.59 Å². The maximum atomic E-state index is 13.8. The van der Waals surface area contributed by atoms with Crippen molar-refractivity contribution >= 4 is 46.5 Å². The maximum absolute atomic E-state index is 13.8. The van der Waals surface area contributed by atoms with Gasteiger partial charge in [0.25, 0.3) is 0 Å². The van der Waals surface area contributed by atoms with Gasteiger partial charge in [0.1, 0.15) is 5.82 Å². The van der Waals surface area contributed by atoms with E-state index < -0.39 is 17.4 Å². The molecule has 0 unspecified atom stereocenters. The molecular weight excluding hydrogens is 518 g/mol. The van der Waals surface area contributed by atoms with Crippen molar-refractivity contribution in [2.75, 3.05) is 24.3 Å². The summed E-state index contributed by atoms with van der Waals surface area (Å²) in [4.78, 5) is 28.4. The Bertz CT molecular complexity index is 1700. The van der Waals surface area contributed by atoms with E-state index in [1.165, 1.54) is 26.4 Å². The molecule has 1 aliphatic heterocycles. The van der Waals surface area contributed by atoms with E-state index in [0.717, 1.165) is 61.0 Å². The standard InChI is InChI=1S/C33H32BFN2O4/c1-19-20(2)30(21(3)26-17-33(16-25(19)26,31(38)40-4)32(39)41-5)34-36-27-10-6-8-23-9-7-11-28(29(23)27)37(34)18-22-12-14-24(35)15-13-22/h6-15,36H,16-18H2,1-5H3. The number of nitrogens with zero attached hydrogens (tertiary/aromatic N) is 1. The number of methoxy groups -OCH3 is 2. The van der Waals surface area contributed by atoms with E-state index in [-0.39, 0.29) is 25.6 Å². The van der Waals surface area contributed by atoms with E-state index in [4.69, 9.17) is 9.47 Å². The van der Waals surface area contributed by atoms with E-state index in [0.29, 0.717) is 6.54 Å². The highest BCUT2D eigenvalue weighted by Crippen LogP contribution is 2.44. The van der Waals surface area contributed by atoms with Gasteiger partial charge in [0.05, 0.1) is 14.2 Å². The number of carbonyl (C=O) groups excluding carboxylic acids is 2. The van der Waals surface area contributed by atoms with Crippen molar-refractivity contribution in [2.24, 2.45) is 5.41 Å². The van der Waals surface area contributed by atoms with Gasteiger partial charge < -0.3 is 19.5 Å². The molecule has 208 valence electrons. The maximum Gasteiger partial charge on any atom is 0.409 e. The second-order valence-electron chi connectivity index (χ2n) is 11.1. The molecule has 1 N–H and O–H groups in total. The number of halogens is 1. The van der Waals surface area contributed by atoms with Crippen molar-refractivity contribution in [3.8, 4) is 0 Å². The first-order chi connectivity index (χ1) is 19.7. The molecule has 0 spiro atoms. The Morgan fingerprint density at radius 3 is 2.12 bits per heavy atom. The van der Waals surface area contributed by atoms with Gasteiger partial charge in [0.2, 0.25) is 0 Å². The molecule has 0 aromatic heterocycles. The SMILES string of the molecule is COC(=O)C1(C(=O)OC)Cc2c(C)c(C)c(B3Nc4cccc5cccc(c45)N3Cc3ccc(F)cc3)c(C)c2C1. The smallest absolute Gasteiger partial charge is 0.409 e. The summed E-state index contributed by atoms with van der Waals surface area (Å²) in [5.41, 5.74) is 7.97. The molecule has 0 saturated heterocycles. The van der Waals surface area contributed by atoms with Crippen LogP contribution in [0.15, 0.2) is 60.7 Å². The summed E-state index contributed by atoms with van der Waals surface area (Å²) in [5.74, 6) is -1.42. The fraction of sp³-hybridized carbons (Fsp3) is 0.273. The summed E-state index contributed by atoms with van der Waals surface area (Å²) < 4.78 is 24.1. The third-order valence-electron chi connectivity index (χ3n) is 9.09. The molecule has 2 aliphatic rings. The zero-order chi connectivity index (χ0) is 29.1. The average Bonchev–Trinajstić information content (AvgIpc) is 3.41. The lowest BCUT2D eigenvalue weighted by atomic mass is 9.59. The third-order valence-corrected chi connectivity index (χ3v) is 9.09. The molecular formula is C33H32BFN2O4. The minimum absolute atomic E-state index is 0.221. The van der Waals surface area contributed by atoms with Gasteiger partial charge in [0, 0.05) is 36.1 Å². The van der Waals surface area contributed by atoms with Crippen LogP contribution in [0.5, 0.6) is 0 Å². The van der Waals surface area contributed by atoms with Crippen LogP contribution in [0, 0.1) is 32.0 Å². The molecule has 1 heterocycles. The first-order valence-corrected chi connectivity index (χ1v) is 13.8. The van der Waals surface area contributed by atoms with Crippen molar-refractivity contribution in [1.82, 2.24) is 0 Å². The molecule has 8 heteroatoms. The Kier molecular flexibility index (Phi) is 6.52. The zero-order valence-corrected chi connectivity index (χ0v) is 23.9. The van der Waals surface area contributed by atoms with Crippen LogP contribution < -0.4 is 15.5 Å². The molecule has 0 amide bonds. The lowest BCUT2D eigenvalue weighted by Gasteiger charge is -2.39. The van der Waals surface area contributed by atoms with Gasteiger partial charge in [-0.25, -0.2) is 4.39 Å². The Hall–Kier alpha value is -4.33. The highest BCUT2D eigenvalue weighted by Gasteiger charge is 2.54. The Morgan fingerprint density at radius 1 is 0.878 bits per heavy atom. The molecule has 6 rings (SSSR count). The van der Waals surface area contributed by atoms with Crippen LogP contribution in [0.3, 0.4) is 0 Å². The van der Waals surface area contributed by atoms with E-state index in [1.54, 1.807) is 0 Å². The summed E-state index contributed by atoms with van der Waals surface area (Å²) in [6.07, 6.45) is 0.466. The molecule has 0 fully saturated rings. The largest absolute Gasteiger partial charge is 0.468 e. The second-order valence-corrected chi connectivity index (χ2v) is 11.1. The van der Waals surface area contributed by atoms with Crippen molar-refractivity contribution in [3.63, 3.8) is 0 Å². The molecule has 0 atom stereocenters. The van der Waals surface area contributed by atoms with Crippen LogP contribution in [0.4, 0.5) is 15.8 Å². The number of benzene rings is 4. The third kappa shape index (κ3) is 4.07. The molecule has 4 aromatic rings. The molecule has 0 radical (unpaired) electrons. The number of rotatable bonds is 5. The number of ether oxygens (including phenoxy) is 2. The quantitative estimate of drug-likeness (QED) is 0.210. The summed E-state index contributed by atoms with van der Waals surface area (Å²) in [6.45, 7) is 6.53. The number of carbonyl (C=O) groups is 2. The predicted molar refractivity (Wildman–Crippen MR) is 160 cm³/mol. The van der Waals surface area contributed by atoms with Crippen LogP contribution in [-0.2, 0) is 38.4 Å². The summed E-state index contributed by atoms with van der Waals surface area (Å²) in [7, 11) is 2.62. The Labute approximate surface area is 239 Å². The highest BCUT2D eigenvalue weighted by molar-refractivity contribution is 6.81. The van der Waals surface area contributed by atoms with Crippen LogP contribution in [0.1, 0.15) is 33.4 Å². The van der Waals surface area contributed by atoms with E-state index >= 15 is 0 Å². The van der Waals surface area contributed by atoms with Gasteiger partial charge in [0.15, 0.2) is 5.41 Å². The summed E-state index contributed by atoms with van der Waals surface area (Å²) >= 11 is 0. The van der Waals surface area contributed by atoms with Crippen molar-refractivity contribution in [3.05, 3.63) is 99.9 Å². The molecule has 1 aliphatic carbocycles. The first-order valence-electron chi connectivity index (χ1n) is 13.8. The van der Waals surface area contributed by atoms with Gasteiger partial charge in [-0.1, -0.05) is 36.4 Å². The van der Waals surface area contributed by atoms with E-state index in [2.05, 4.69) is 67.2 Å². The van der Waals surface area contributed by atoms with E-state index in [1.807, 2.05) is 12.1 Å². The summed E-state index contributed by atoms with van der Waals surface area (Å²) in [5, 5.41) is 6.09. The van der Waals surface area contributed by atoms with Gasteiger partial charge in [-0.2, -0.15) is 0 Å². The minimum Gasteiger partial charge on any atom is -0.468 e. The first kappa shape index (κ1) is 26.9. The normalized spacial score (nSPS) is 15.0. The predicted octanol–water partition coefficient (Wildman–Crippen LogP) is 5.16. The van der Waals surface area contributed by atoms with Crippen LogP contribution in [0.2, 0.25) is 0 Å². The molecule has 4 aromatic carbocycles. The number of hydrogen-bond donors (Lipinski definition) is 1. The lowest BCUT2D eigenvalue weighted by Crippen LogP contribution is -2.57.